The molecule has 5 atom stereocenters. The molecule has 2 aliphatic rings. The van der Waals surface area contributed by atoms with E-state index in [1.54, 1.807) is 0 Å². The van der Waals surface area contributed by atoms with Gasteiger partial charge >= 0.3 is 5.69 Å². The lowest BCUT2D eigenvalue weighted by molar-refractivity contribution is -0.164. The molecular weight excluding hydrogens is 245 g/mol. The van der Waals surface area contributed by atoms with Crippen LogP contribution in [0.25, 0.3) is 0 Å². The van der Waals surface area contributed by atoms with Gasteiger partial charge in [0.15, 0.2) is 12.0 Å². The second-order valence-corrected chi connectivity index (χ2v) is 4.42. The number of aliphatic hydroxyl groups excluding tert-OH is 1. The maximum atomic E-state index is 14.5. The molecule has 0 spiro atoms. The lowest BCUT2D eigenvalue weighted by atomic mass is 10.2. The molecule has 0 amide bonds. The first-order valence-corrected chi connectivity index (χ1v) is 5.40. The van der Waals surface area contributed by atoms with E-state index in [-0.39, 0.29) is 5.82 Å². The van der Waals surface area contributed by atoms with Gasteiger partial charge in [0.25, 0.3) is 0 Å². The molecular formula is C10H12FN3O4. The fourth-order valence-electron chi connectivity index (χ4n) is 2.46. The van der Waals surface area contributed by atoms with E-state index in [1.807, 2.05) is 0 Å². The highest BCUT2D eigenvalue weighted by molar-refractivity contribution is 5.29. The lowest BCUT2D eigenvalue weighted by Gasteiger charge is -2.20. The number of alkyl halides is 1. The number of halogens is 1. The van der Waals surface area contributed by atoms with Crippen molar-refractivity contribution < 1.29 is 19.0 Å². The molecule has 1 aromatic rings. The van der Waals surface area contributed by atoms with Crippen molar-refractivity contribution in [2.24, 2.45) is 0 Å². The van der Waals surface area contributed by atoms with Crippen LogP contribution < -0.4 is 11.4 Å². The molecule has 2 fully saturated rings. The minimum atomic E-state index is -2.01. The largest absolute Gasteiger partial charge is 0.384 e. The molecule has 8 heteroatoms. The number of aliphatic hydroxyl groups is 1. The molecule has 0 bridgehead atoms. The maximum Gasteiger partial charge on any atom is 0.349 e. The van der Waals surface area contributed by atoms with Crippen molar-refractivity contribution in [1.82, 2.24) is 9.55 Å². The van der Waals surface area contributed by atoms with Crippen molar-refractivity contribution >= 4 is 5.82 Å². The Morgan fingerprint density at radius 1 is 1.72 bits per heavy atom. The molecule has 1 saturated carbocycles. The Bertz CT molecular complexity index is 550. The molecule has 0 aromatic carbocycles. The molecule has 0 radical (unpaired) electrons. The summed E-state index contributed by atoms with van der Waals surface area (Å²) in [5.41, 5.74) is 2.67. The highest BCUT2D eigenvalue weighted by Crippen LogP contribution is 2.61. The van der Waals surface area contributed by atoms with Crippen molar-refractivity contribution in [1.29, 1.82) is 0 Å². The van der Waals surface area contributed by atoms with E-state index in [0.717, 1.165) is 4.57 Å². The zero-order chi connectivity index (χ0) is 13.1. The van der Waals surface area contributed by atoms with Crippen LogP contribution in [0.1, 0.15) is 6.04 Å². The standard InChI is InChI=1S/C10H12FN3O4/c1-17-8-6(15)10(11)5(7(10)18-8)14-3-2-4(12)13-9(14)16/h2-3,5-8,15H,1H3,(H2,12,13,16)/t5-,6?,7?,8+,10?/m1/s1. The molecule has 2 heterocycles. The van der Waals surface area contributed by atoms with Gasteiger partial charge in [0.2, 0.25) is 0 Å². The average molecular weight is 257 g/mol. The van der Waals surface area contributed by atoms with Gasteiger partial charge in [-0.05, 0) is 6.07 Å². The van der Waals surface area contributed by atoms with Crippen LogP contribution in [-0.4, -0.2) is 45.9 Å². The number of methoxy groups -OCH3 is 1. The topological polar surface area (TPSA) is 99.6 Å². The van der Waals surface area contributed by atoms with Gasteiger partial charge < -0.3 is 20.3 Å². The fraction of sp³-hybridized carbons (Fsp3) is 0.600. The third-order valence-electron chi connectivity index (χ3n) is 3.44. The van der Waals surface area contributed by atoms with Gasteiger partial charge in [-0.2, -0.15) is 4.98 Å². The minimum Gasteiger partial charge on any atom is -0.384 e. The summed E-state index contributed by atoms with van der Waals surface area (Å²) >= 11 is 0. The first kappa shape index (κ1) is 11.6. The van der Waals surface area contributed by atoms with E-state index in [9.17, 15) is 14.3 Å². The Labute approximate surface area is 101 Å². The predicted octanol–water partition coefficient (Wildman–Crippen LogP) is -1.18. The molecule has 3 rings (SSSR count). The molecule has 3 unspecified atom stereocenters. The number of hydrogen-bond acceptors (Lipinski definition) is 6. The summed E-state index contributed by atoms with van der Waals surface area (Å²) in [6, 6.07) is 0.499. The zero-order valence-electron chi connectivity index (χ0n) is 9.49. The molecule has 7 nitrogen and oxygen atoms in total. The summed E-state index contributed by atoms with van der Waals surface area (Å²) in [7, 11) is 1.31. The first-order valence-electron chi connectivity index (χ1n) is 5.40. The Morgan fingerprint density at radius 3 is 2.94 bits per heavy atom. The van der Waals surface area contributed by atoms with Crippen LogP contribution in [0.4, 0.5) is 10.2 Å². The molecule has 1 aliphatic heterocycles. The molecule has 18 heavy (non-hydrogen) atoms. The number of nitrogens with zero attached hydrogens (tertiary/aromatic N) is 2. The smallest absolute Gasteiger partial charge is 0.349 e. The van der Waals surface area contributed by atoms with Crippen molar-refractivity contribution in [2.75, 3.05) is 12.8 Å². The normalized spacial score (nSPS) is 41.7. The van der Waals surface area contributed by atoms with Gasteiger partial charge in [0, 0.05) is 13.3 Å². The van der Waals surface area contributed by atoms with E-state index in [2.05, 4.69) is 4.98 Å². The fourth-order valence-corrected chi connectivity index (χ4v) is 2.46. The average Bonchev–Trinajstić information content (AvgIpc) is 2.82. The van der Waals surface area contributed by atoms with Gasteiger partial charge in [-0.25, -0.2) is 9.18 Å². The molecule has 1 aromatic heterocycles. The molecule has 98 valence electrons. The third-order valence-corrected chi connectivity index (χ3v) is 3.44. The maximum absolute atomic E-state index is 14.5. The summed E-state index contributed by atoms with van der Waals surface area (Å²) in [6.45, 7) is 0. The van der Waals surface area contributed by atoms with Gasteiger partial charge in [-0.15, -0.1) is 0 Å². The zero-order valence-corrected chi connectivity index (χ0v) is 9.49. The number of ether oxygens (including phenoxy) is 2. The van der Waals surface area contributed by atoms with Crippen LogP contribution in [0.3, 0.4) is 0 Å². The SMILES string of the molecule is CO[C@H]1OC2[C@@H](n3ccc(N)nc3=O)C2(F)C1O. The van der Waals surface area contributed by atoms with Crippen molar-refractivity contribution in [3.05, 3.63) is 22.7 Å². The number of hydrogen-bond donors (Lipinski definition) is 2. The van der Waals surface area contributed by atoms with Crippen molar-refractivity contribution in [2.45, 2.75) is 30.2 Å². The van der Waals surface area contributed by atoms with Crippen molar-refractivity contribution in [3.63, 3.8) is 0 Å². The van der Waals surface area contributed by atoms with Crippen LogP contribution in [0.5, 0.6) is 0 Å². The van der Waals surface area contributed by atoms with Crippen LogP contribution in [0.15, 0.2) is 17.1 Å². The van der Waals surface area contributed by atoms with E-state index in [1.165, 1.54) is 19.4 Å². The van der Waals surface area contributed by atoms with Crippen molar-refractivity contribution in [3.8, 4) is 0 Å². The van der Waals surface area contributed by atoms with Gasteiger partial charge in [0.1, 0.15) is 24.1 Å². The minimum absolute atomic E-state index is 0.0613. The van der Waals surface area contributed by atoms with E-state index >= 15 is 0 Å². The number of anilines is 1. The highest BCUT2D eigenvalue weighted by Gasteiger charge is 2.79. The molecule has 1 saturated heterocycles. The number of nitrogen functional groups attached to an aromatic ring is 1. The Kier molecular flexibility index (Phi) is 2.25. The Morgan fingerprint density at radius 2 is 2.44 bits per heavy atom. The molecule has 3 N–H and O–H groups in total. The summed E-state index contributed by atoms with van der Waals surface area (Å²) in [4.78, 5) is 15.1. The van der Waals surface area contributed by atoms with Crippen LogP contribution >= 0.6 is 0 Å². The second kappa shape index (κ2) is 3.50. The van der Waals surface area contributed by atoms with E-state index < -0.39 is 35.9 Å². The second-order valence-electron chi connectivity index (χ2n) is 4.42. The van der Waals surface area contributed by atoms with Gasteiger partial charge in [0.05, 0.1) is 0 Å². The summed E-state index contributed by atoms with van der Waals surface area (Å²) in [5.74, 6) is 0.0613. The van der Waals surface area contributed by atoms with Crippen LogP contribution in [-0.2, 0) is 9.47 Å². The number of rotatable bonds is 2. The van der Waals surface area contributed by atoms with Crippen LogP contribution in [0, 0.1) is 0 Å². The van der Waals surface area contributed by atoms with Crippen LogP contribution in [0.2, 0.25) is 0 Å². The monoisotopic (exact) mass is 257 g/mol. The third kappa shape index (κ3) is 1.27. The van der Waals surface area contributed by atoms with E-state index in [4.69, 9.17) is 15.2 Å². The number of fused-ring (bicyclic) bond motifs is 1. The number of aromatic nitrogens is 2. The summed E-state index contributed by atoms with van der Waals surface area (Å²) < 4.78 is 25.5. The van der Waals surface area contributed by atoms with Gasteiger partial charge in [-0.1, -0.05) is 0 Å². The predicted molar refractivity (Wildman–Crippen MR) is 57.5 cm³/mol. The molecule has 1 aliphatic carbocycles. The summed E-state index contributed by atoms with van der Waals surface area (Å²) in [6.07, 6.45) is -2.00. The Balaban J connectivity index is 1.93. The quantitative estimate of drug-likeness (QED) is 0.692. The Hall–Kier alpha value is -1.51. The van der Waals surface area contributed by atoms with Gasteiger partial charge in [-0.3, -0.25) is 4.57 Å². The lowest BCUT2D eigenvalue weighted by Crippen LogP contribution is -2.38. The first-order chi connectivity index (χ1) is 8.50. The van der Waals surface area contributed by atoms with E-state index in [0.29, 0.717) is 0 Å². The number of nitrogens with two attached hydrogens (primary N) is 1. The summed E-state index contributed by atoms with van der Waals surface area (Å²) in [5, 5.41) is 9.75. The highest BCUT2D eigenvalue weighted by atomic mass is 19.1.